The van der Waals surface area contributed by atoms with Crippen molar-refractivity contribution in [1.82, 2.24) is 15.6 Å². The molecule has 0 aliphatic heterocycles. The van der Waals surface area contributed by atoms with E-state index in [4.69, 9.17) is 25.4 Å². The number of carboxylic acid groups (broad SMARTS) is 1. The molecule has 0 fully saturated rings. The highest BCUT2D eigenvalue weighted by Crippen LogP contribution is 2.32. The van der Waals surface area contributed by atoms with Crippen molar-refractivity contribution in [3.63, 3.8) is 0 Å². The number of carbonyl (C=O) groups excluding carboxylic acids is 2. The van der Waals surface area contributed by atoms with Gasteiger partial charge in [-0.15, -0.1) is 0 Å². The number of aliphatic imine (C=N–C) groups is 1. The Hall–Kier alpha value is -4.29. The molecule has 0 spiro atoms. The van der Waals surface area contributed by atoms with Crippen LogP contribution >= 0.6 is 0 Å². The van der Waals surface area contributed by atoms with Crippen LogP contribution in [0.4, 0.5) is 0 Å². The second-order valence-electron chi connectivity index (χ2n) is 8.26. The number of ether oxygens (including phenoxy) is 2. The summed E-state index contributed by atoms with van der Waals surface area (Å²) in [7, 11) is 2.91. The van der Waals surface area contributed by atoms with Crippen molar-refractivity contribution in [2.24, 2.45) is 22.4 Å². The fourth-order valence-corrected chi connectivity index (χ4v) is 3.50. The molecule has 0 saturated heterocycles. The number of nitrogens with two attached hydrogens (primary N) is 2. The average molecular weight is 519 g/mol. The molecule has 0 aliphatic rings. The molecule has 1 heterocycles. The number of aliphatic carboxylic acids is 1. The van der Waals surface area contributed by atoms with Gasteiger partial charge in [0.1, 0.15) is 18.3 Å². The van der Waals surface area contributed by atoms with E-state index in [1.807, 2.05) is 13.8 Å². The van der Waals surface area contributed by atoms with Gasteiger partial charge in [-0.2, -0.15) is 0 Å². The van der Waals surface area contributed by atoms with E-state index < -0.39 is 29.9 Å². The first-order chi connectivity index (χ1) is 17.6. The van der Waals surface area contributed by atoms with E-state index in [0.717, 1.165) is 6.26 Å². The van der Waals surface area contributed by atoms with Gasteiger partial charge in [-0.25, -0.2) is 9.78 Å². The number of nitrogens with one attached hydrogen (secondary N) is 2. The summed E-state index contributed by atoms with van der Waals surface area (Å²) in [5.74, 6) is -1.82. The molecule has 2 amide bonds. The number of rotatable bonds is 14. The summed E-state index contributed by atoms with van der Waals surface area (Å²) in [5, 5.41) is 14.8. The van der Waals surface area contributed by atoms with E-state index in [1.54, 1.807) is 18.2 Å². The van der Waals surface area contributed by atoms with Crippen molar-refractivity contribution in [3.05, 3.63) is 41.6 Å². The number of carbonyl (C=O) groups is 3. The summed E-state index contributed by atoms with van der Waals surface area (Å²) >= 11 is 0. The smallest absolute Gasteiger partial charge is 0.326 e. The highest BCUT2D eigenvalue weighted by molar-refractivity contribution is 5.98. The minimum atomic E-state index is -1.21. The van der Waals surface area contributed by atoms with E-state index in [1.165, 1.54) is 14.2 Å². The van der Waals surface area contributed by atoms with Gasteiger partial charge >= 0.3 is 5.97 Å². The fourth-order valence-electron chi connectivity index (χ4n) is 3.50. The molecule has 7 N–H and O–H groups in total. The van der Waals surface area contributed by atoms with Crippen LogP contribution in [0.5, 0.6) is 11.5 Å². The van der Waals surface area contributed by atoms with Crippen molar-refractivity contribution in [1.29, 1.82) is 0 Å². The van der Waals surface area contributed by atoms with Crippen LogP contribution in [0.25, 0.3) is 0 Å². The second-order valence-corrected chi connectivity index (χ2v) is 8.26. The Kier molecular flexibility index (Phi) is 10.7. The monoisotopic (exact) mass is 518 g/mol. The summed E-state index contributed by atoms with van der Waals surface area (Å²) < 4.78 is 16.2. The van der Waals surface area contributed by atoms with Crippen molar-refractivity contribution in [2.75, 3.05) is 20.8 Å². The molecular weight excluding hydrogens is 484 g/mol. The highest BCUT2D eigenvalue weighted by atomic mass is 16.5. The normalized spacial score (nSPS) is 13.1. The molecule has 2 rings (SSSR count). The predicted octanol–water partition coefficient (Wildman–Crippen LogP) is 1.45. The fraction of sp³-hybridized carbons (Fsp3) is 0.458. The molecule has 13 heteroatoms. The van der Waals surface area contributed by atoms with Crippen molar-refractivity contribution >= 4 is 23.7 Å². The summed E-state index contributed by atoms with van der Waals surface area (Å²) in [5.41, 5.74) is 10.7. The van der Waals surface area contributed by atoms with Gasteiger partial charge in [0.15, 0.2) is 23.2 Å². The van der Waals surface area contributed by atoms with Crippen molar-refractivity contribution in [3.8, 4) is 11.5 Å². The zero-order valence-corrected chi connectivity index (χ0v) is 21.3. The number of oxazole rings is 1. The number of benzene rings is 1. The van der Waals surface area contributed by atoms with Gasteiger partial charge in [-0.3, -0.25) is 14.6 Å². The van der Waals surface area contributed by atoms with Crippen LogP contribution in [0.2, 0.25) is 0 Å². The van der Waals surface area contributed by atoms with E-state index in [2.05, 4.69) is 20.6 Å². The van der Waals surface area contributed by atoms with E-state index in [-0.39, 0.29) is 47.7 Å². The van der Waals surface area contributed by atoms with Gasteiger partial charge in [0, 0.05) is 6.54 Å². The molecule has 0 bridgehead atoms. The zero-order chi connectivity index (χ0) is 27.5. The number of hydrogen-bond donors (Lipinski definition) is 5. The molecule has 0 aliphatic carbocycles. The molecule has 3 atom stereocenters. The lowest BCUT2D eigenvalue weighted by atomic mass is 9.98. The van der Waals surface area contributed by atoms with Crippen LogP contribution in [0, 0.1) is 5.92 Å². The summed E-state index contributed by atoms with van der Waals surface area (Å²) in [6.45, 7) is 4.06. The summed E-state index contributed by atoms with van der Waals surface area (Å²) in [6.07, 6.45) is 2.24. The number of nitrogens with zero attached hydrogens (tertiary/aromatic N) is 2. The maximum absolute atomic E-state index is 13.1. The van der Waals surface area contributed by atoms with Crippen molar-refractivity contribution < 1.29 is 33.4 Å². The number of carboxylic acids is 1. The van der Waals surface area contributed by atoms with Crippen LogP contribution < -0.4 is 31.6 Å². The molecule has 202 valence electrons. The first-order valence-corrected chi connectivity index (χ1v) is 11.7. The predicted molar refractivity (Wildman–Crippen MR) is 135 cm³/mol. The van der Waals surface area contributed by atoms with Crippen LogP contribution in [0.3, 0.4) is 0 Å². The van der Waals surface area contributed by atoms with Gasteiger partial charge in [0.05, 0.1) is 19.8 Å². The topological polar surface area (TPSA) is 204 Å². The highest BCUT2D eigenvalue weighted by Gasteiger charge is 2.29. The number of aromatic nitrogens is 1. The third-order valence-corrected chi connectivity index (χ3v) is 5.72. The Morgan fingerprint density at radius 3 is 2.49 bits per heavy atom. The van der Waals surface area contributed by atoms with Gasteiger partial charge in [0.25, 0.3) is 11.8 Å². The van der Waals surface area contributed by atoms with E-state index in [0.29, 0.717) is 18.6 Å². The quantitative estimate of drug-likeness (QED) is 0.138. The van der Waals surface area contributed by atoms with Gasteiger partial charge in [0.2, 0.25) is 5.89 Å². The lowest BCUT2D eigenvalue weighted by Gasteiger charge is -2.22. The third kappa shape index (κ3) is 7.85. The average Bonchev–Trinajstić information content (AvgIpc) is 3.37. The molecule has 2 aromatic rings. The Bertz CT molecular complexity index is 1110. The Balaban J connectivity index is 2.19. The first kappa shape index (κ1) is 28.9. The van der Waals surface area contributed by atoms with Crippen molar-refractivity contribution in [2.45, 2.75) is 45.2 Å². The van der Waals surface area contributed by atoms with E-state index in [9.17, 15) is 19.5 Å². The molecule has 0 saturated carbocycles. The minimum Gasteiger partial charge on any atom is -0.493 e. The van der Waals surface area contributed by atoms with E-state index >= 15 is 0 Å². The van der Waals surface area contributed by atoms with Crippen LogP contribution in [0.15, 0.2) is 33.9 Å². The molecule has 1 aromatic heterocycles. The Morgan fingerprint density at radius 2 is 1.89 bits per heavy atom. The Labute approximate surface area is 214 Å². The minimum absolute atomic E-state index is 0.0983. The maximum atomic E-state index is 13.1. The molecular formula is C24H34N6O7. The van der Waals surface area contributed by atoms with Crippen LogP contribution in [0.1, 0.15) is 65.9 Å². The van der Waals surface area contributed by atoms with Gasteiger partial charge in [-0.05, 0) is 30.9 Å². The lowest BCUT2D eigenvalue weighted by molar-refractivity contribution is -0.139. The first-order valence-electron chi connectivity index (χ1n) is 11.7. The number of amides is 2. The molecule has 1 aromatic carbocycles. The zero-order valence-electron chi connectivity index (χ0n) is 21.3. The largest absolute Gasteiger partial charge is 0.493 e. The Morgan fingerprint density at radius 1 is 1.16 bits per heavy atom. The summed E-state index contributed by atoms with van der Waals surface area (Å²) in [4.78, 5) is 45.4. The number of para-hydroxylation sites is 1. The van der Waals surface area contributed by atoms with Crippen LogP contribution in [-0.2, 0) is 4.79 Å². The molecule has 37 heavy (non-hydrogen) atoms. The molecule has 3 unspecified atom stereocenters. The summed E-state index contributed by atoms with van der Waals surface area (Å²) in [6, 6.07) is 3.08. The second kappa shape index (κ2) is 13.7. The molecule has 0 radical (unpaired) electrons. The van der Waals surface area contributed by atoms with Crippen LogP contribution in [-0.4, -0.2) is 60.6 Å². The SMILES string of the molecule is CCC(C)C(NC(=O)c1cccc(OC)c1OC)c1nc(C(=O)NC(CCCN=C(N)N)C(=O)O)co1. The standard InChI is InChI=1S/C24H34N6O7/c1-5-13(2)18(30-20(31)14-8-6-10-17(35-3)19(14)36-4)22-29-16(12-37-22)21(32)28-15(23(33)34)9-7-11-27-24(25)26/h6,8,10,12-13,15,18H,5,7,9,11H2,1-4H3,(H,28,32)(H,30,31)(H,33,34)(H4,25,26,27). The molecule has 13 nitrogen and oxygen atoms in total. The lowest BCUT2D eigenvalue weighted by Crippen LogP contribution is -2.41. The maximum Gasteiger partial charge on any atom is 0.326 e. The van der Waals surface area contributed by atoms with Gasteiger partial charge < -0.3 is 41.1 Å². The third-order valence-electron chi connectivity index (χ3n) is 5.72. The number of guanidine groups is 1. The van der Waals surface area contributed by atoms with Gasteiger partial charge in [-0.1, -0.05) is 26.3 Å². The number of hydrogen-bond acceptors (Lipinski definition) is 8. The number of methoxy groups -OCH3 is 2.